The highest BCUT2D eigenvalue weighted by molar-refractivity contribution is 5.39. The Hall–Kier alpha value is -1.36. The molecule has 1 aliphatic rings. The molecular formula is C14H24N4O. The van der Waals surface area contributed by atoms with E-state index in [0.29, 0.717) is 18.5 Å². The van der Waals surface area contributed by atoms with Crippen molar-refractivity contribution >= 4 is 5.82 Å². The van der Waals surface area contributed by atoms with Crippen molar-refractivity contribution in [1.82, 2.24) is 9.97 Å². The van der Waals surface area contributed by atoms with Crippen LogP contribution in [-0.2, 0) is 0 Å². The normalized spacial score (nSPS) is 16.3. The summed E-state index contributed by atoms with van der Waals surface area (Å²) in [6, 6.07) is 0.571. The Kier molecular flexibility index (Phi) is 5.39. The van der Waals surface area contributed by atoms with Crippen LogP contribution in [0.25, 0.3) is 0 Å². The van der Waals surface area contributed by atoms with Gasteiger partial charge in [0, 0.05) is 12.6 Å². The lowest BCUT2D eigenvalue weighted by Crippen LogP contribution is -2.39. The molecule has 106 valence electrons. The molecule has 0 spiro atoms. The quantitative estimate of drug-likeness (QED) is 0.851. The van der Waals surface area contributed by atoms with Gasteiger partial charge in [0.25, 0.3) is 0 Å². The highest BCUT2D eigenvalue weighted by Crippen LogP contribution is 2.26. The first-order chi connectivity index (χ1) is 9.35. The van der Waals surface area contributed by atoms with Gasteiger partial charge in [-0.2, -0.15) is 4.98 Å². The fourth-order valence-electron chi connectivity index (χ4n) is 2.71. The summed E-state index contributed by atoms with van der Waals surface area (Å²) in [6.45, 7) is 1.66. The fraction of sp³-hybridized carbons (Fsp3) is 0.714. The van der Waals surface area contributed by atoms with Crippen molar-refractivity contribution in [3.05, 3.63) is 12.4 Å². The van der Waals surface area contributed by atoms with Crippen LogP contribution in [0.3, 0.4) is 0 Å². The Labute approximate surface area is 115 Å². The van der Waals surface area contributed by atoms with Crippen LogP contribution >= 0.6 is 0 Å². The van der Waals surface area contributed by atoms with Crippen LogP contribution in [0.2, 0.25) is 0 Å². The number of rotatable bonds is 6. The minimum Gasteiger partial charge on any atom is -0.480 e. The second kappa shape index (κ2) is 7.28. The van der Waals surface area contributed by atoms with Gasteiger partial charge in [0.2, 0.25) is 5.88 Å². The van der Waals surface area contributed by atoms with Crippen LogP contribution in [0.5, 0.6) is 5.88 Å². The van der Waals surface area contributed by atoms with Gasteiger partial charge in [0.05, 0.1) is 19.5 Å². The Bertz CT molecular complexity index is 379. The fourth-order valence-corrected chi connectivity index (χ4v) is 2.71. The van der Waals surface area contributed by atoms with Crippen molar-refractivity contribution in [2.24, 2.45) is 5.73 Å². The van der Waals surface area contributed by atoms with Crippen LogP contribution in [0.1, 0.15) is 38.5 Å². The average Bonchev–Trinajstić information content (AvgIpc) is 2.49. The van der Waals surface area contributed by atoms with E-state index in [1.807, 2.05) is 6.20 Å². The van der Waals surface area contributed by atoms with Crippen molar-refractivity contribution in [1.29, 1.82) is 0 Å². The van der Waals surface area contributed by atoms with E-state index in [1.54, 1.807) is 13.3 Å². The van der Waals surface area contributed by atoms with E-state index in [0.717, 1.165) is 18.8 Å². The van der Waals surface area contributed by atoms with Crippen LogP contribution in [-0.4, -0.2) is 36.2 Å². The minimum absolute atomic E-state index is 0.571. The summed E-state index contributed by atoms with van der Waals surface area (Å²) in [4.78, 5) is 11.1. The first kappa shape index (κ1) is 14.1. The molecule has 0 unspecified atom stereocenters. The second-order valence-electron chi connectivity index (χ2n) is 5.05. The molecule has 0 aromatic carbocycles. The summed E-state index contributed by atoms with van der Waals surface area (Å²) in [6.07, 6.45) is 10.9. The smallest absolute Gasteiger partial charge is 0.233 e. The Morgan fingerprint density at radius 3 is 2.79 bits per heavy atom. The highest BCUT2D eigenvalue weighted by Gasteiger charge is 2.22. The van der Waals surface area contributed by atoms with E-state index in [1.165, 1.54) is 32.1 Å². The van der Waals surface area contributed by atoms with E-state index in [-0.39, 0.29) is 0 Å². The molecule has 2 N–H and O–H groups in total. The molecular weight excluding hydrogens is 240 g/mol. The molecule has 0 amide bonds. The SMILES string of the molecule is COc1cncc(N(CCCN)C2CCCCC2)n1. The molecule has 19 heavy (non-hydrogen) atoms. The van der Waals surface area contributed by atoms with Gasteiger partial charge in [-0.1, -0.05) is 19.3 Å². The lowest BCUT2D eigenvalue weighted by atomic mass is 9.94. The van der Waals surface area contributed by atoms with E-state index in [9.17, 15) is 0 Å². The molecule has 1 saturated carbocycles. The zero-order chi connectivity index (χ0) is 13.5. The molecule has 5 nitrogen and oxygen atoms in total. The van der Waals surface area contributed by atoms with Gasteiger partial charge in [0.15, 0.2) is 5.82 Å². The molecule has 0 aliphatic heterocycles. The number of hydrogen-bond donors (Lipinski definition) is 1. The number of nitrogens with zero attached hydrogens (tertiary/aromatic N) is 3. The van der Waals surface area contributed by atoms with Crippen LogP contribution in [0.15, 0.2) is 12.4 Å². The van der Waals surface area contributed by atoms with E-state index >= 15 is 0 Å². The molecule has 0 radical (unpaired) electrons. The lowest BCUT2D eigenvalue weighted by Gasteiger charge is -2.35. The summed E-state index contributed by atoms with van der Waals surface area (Å²) in [5, 5.41) is 0. The summed E-state index contributed by atoms with van der Waals surface area (Å²) in [5.74, 6) is 1.49. The molecule has 0 saturated heterocycles. The standard InChI is InChI=1S/C14H24N4O/c1-19-14-11-16-10-13(17-14)18(9-5-8-15)12-6-3-2-4-7-12/h10-12H,2-9,15H2,1H3. The molecule has 1 aromatic rings. The number of ether oxygens (including phenoxy) is 1. The first-order valence-electron chi connectivity index (χ1n) is 7.18. The molecule has 1 aromatic heterocycles. The van der Waals surface area contributed by atoms with Crippen LogP contribution in [0, 0.1) is 0 Å². The lowest BCUT2D eigenvalue weighted by molar-refractivity contribution is 0.389. The molecule has 0 bridgehead atoms. The van der Waals surface area contributed by atoms with Gasteiger partial charge in [-0.15, -0.1) is 0 Å². The van der Waals surface area contributed by atoms with Crippen LogP contribution < -0.4 is 15.4 Å². The number of aromatic nitrogens is 2. The molecule has 1 fully saturated rings. The van der Waals surface area contributed by atoms with E-state index in [2.05, 4.69) is 14.9 Å². The Balaban J connectivity index is 2.14. The monoisotopic (exact) mass is 264 g/mol. The molecule has 2 rings (SSSR count). The van der Waals surface area contributed by atoms with Gasteiger partial charge < -0.3 is 15.4 Å². The maximum atomic E-state index is 5.65. The zero-order valence-corrected chi connectivity index (χ0v) is 11.7. The third-order valence-corrected chi connectivity index (χ3v) is 3.72. The van der Waals surface area contributed by atoms with Gasteiger partial charge in [-0.05, 0) is 25.8 Å². The third kappa shape index (κ3) is 3.80. The first-order valence-corrected chi connectivity index (χ1v) is 7.18. The molecule has 0 atom stereocenters. The predicted molar refractivity (Wildman–Crippen MR) is 76.5 cm³/mol. The summed E-state index contributed by atoms with van der Waals surface area (Å²) >= 11 is 0. The minimum atomic E-state index is 0.571. The topological polar surface area (TPSA) is 64.3 Å². The molecule has 1 aliphatic carbocycles. The summed E-state index contributed by atoms with van der Waals surface area (Å²) in [5.41, 5.74) is 5.65. The zero-order valence-electron chi connectivity index (χ0n) is 11.7. The third-order valence-electron chi connectivity index (χ3n) is 3.72. The van der Waals surface area contributed by atoms with Crippen molar-refractivity contribution in [3.8, 4) is 5.88 Å². The maximum absolute atomic E-state index is 5.65. The highest BCUT2D eigenvalue weighted by atomic mass is 16.5. The second-order valence-corrected chi connectivity index (χ2v) is 5.05. The molecule has 1 heterocycles. The van der Waals surface area contributed by atoms with Crippen molar-refractivity contribution < 1.29 is 4.74 Å². The van der Waals surface area contributed by atoms with Crippen molar-refractivity contribution in [3.63, 3.8) is 0 Å². The Morgan fingerprint density at radius 1 is 1.32 bits per heavy atom. The number of hydrogen-bond acceptors (Lipinski definition) is 5. The molecule has 5 heteroatoms. The largest absolute Gasteiger partial charge is 0.480 e. The average molecular weight is 264 g/mol. The number of nitrogens with two attached hydrogens (primary N) is 1. The van der Waals surface area contributed by atoms with Gasteiger partial charge in [0.1, 0.15) is 0 Å². The predicted octanol–water partition coefficient (Wildman–Crippen LogP) is 1.97. The van der Waals surface area contributed by atoms with Gasteiger partial charge >= 0.3 is 0 Å². The van der Waals surface area contributed by atoms with Gasteiger partial charge in [-0.25, -0.2) is 0 Å². The maximum Gasteiger partial charge on any atom is 0.233 e. The summed E-state index contributed by atoms with van der Waals surface area (Å²) < 4.78 is 5.17. The Morgan fingerprint density at radius 2 is 2.11 bits per heavy atom. The van der Waals surface area contributed by atoms with E-state index in [4.69, 9.17) is 10.5 Å². The van der Waals surface area contributed by atoms with Crippen LogP contribution in [0.4, 0.5) is 5.82 Å². The van der Waals surface area contributed by atoms with Crippen molar-refractivity contribution in [2.75, 3.05) is 25.1 Å². The number of methoxy groups -OCH3 is 1. The van der Waals surface area contributed by atoms with Gasteiger partial charge in [-0.3, -0.25) is 4.98 Å². The van der Waals surface area contributed by atoms with E-state index < -0.39 is 0 Å². The number of anilines is 1. The summed E-state index contributed by atoms with van der Waals surface area (Å²) in [7, 11) is 1.62. The van der Waals surface area contributed by atoms with Crippen molar-refractivity contribution in [2.45, 2.75) is 44.6 Å².